The topological polar surface area (TPSA) is 23.6 Å². The van der Waals surface area contributed by atoms with Crippen molar-refractivity contribution in [2.45, 2.75) is 26.3 Å². The second-order valence-electron chi connectivity index (χ2n) is 4.40. The highest BCUT2D eigenvalue weighted by atomic mass is 32.1. The Morgan fingerprint density at radius 3 is 2.82 bits per heavy atom. The van der Waals surface area contributed by atoms with Crippen LogP contribution in [0.25, 0.3) is 0 Å². The number of aldehydes is 1. The normalized spacial score (nSPS) is 20.2. The van der Waals surface area contributed by atoms with Crippen molar-refractivity contribution in [1.29, 1.82) is 0 Å². The molecule has 17 heavy (non-hydrogen) atoms. The Hall–Kier alpha value is -0.870. The summed E-state index contributed by atoms with van der Waals surface area (Å²) in [5.74, 6) is 0. The lowest BCUT2D eigenvalue weighted by atomic mass is 10.2. The lowest BCUT2D eigenvalue weighted by Gasteiger charge is -2.26. The summed E-state index contributed by atoms with van der Waals surface area (Å²) in [6, 6.07) is 4.66. The van der Waals surface area contributed by atoms with Gasteiger partial charge in [0.05, 0.1) is 9.88 Å². The summed E-state index contributed by atoms with van der Waals surface area (Å²) in [6.45, 7) is 8.90. The van der Waals surface area contributed by atoms with Gasteiger partial charge in [0.2, 0.25) is 0 Å². The zero-order valence-electron chi connectivity index (χ0n) is 10.6. The summed E-state index contributed by atoms with van der Waals surface area (Å²) in [5.41, 5.74) is 0. The average Bonchev–Trinajstić information content (AvgIpc) is 2.98. The minimum atomic E-state index is 0.673. The summed E-state index contributed by atoms with van der Waals surface area (Å²) >= 11 is 1.60. The first-order chi connectivity index (χ1) is 8.28. The van der Waals surface area contributed by atoms with E-state index in [1.807, 2.05) is 6.07 Å². The molecule has 0 amide bonds. The van der Waals surface area contributed by atoms with Gasteiger partial charge in [-0.2, -0.15) is 0 Å². The molecule has 0 radical (unpaired) electrons. The molecule has 0 aromatic carbocycles. The summed E-state index contributed by atoms with van der Waals surface area (Å²) in [5, 5.41) is 1.24. The number of likely N-dealkylation sites (N-methyl/N-ethyl adjacent to an activating group) is 1. The Balaban J connectivity index is 1.99. The van der Waals surface area contributed by atoms with E-state index in [0.29, 0.717) is 6.04 Å². The van der Waals surface area contributed by atoms with Crippen molar-refractivity contribution in [3.63, 3.8) is 0 Å². The van der Waals surface area contributed by atoms with Gasteiger partial charge in [-0.15, -0.1) is 11.3 Å². The molecule has 0 bridgehead atoms. The van der Waals surface area contributed by atoms with E-state index in [1.165, 1.54) is 11.4 Å². The first-order valence-corrected chi connectivity index (χ1v) is 7.14. The first-order valence-electron chi connectivity index (χ1n) is 6.32. The van der Waals surface area contributed by atoms with Gasteiger partial charge in [0.15, 0.2) is 6.29 Å². The molecular weight excluding hydrogens is 232 g/mol. The zero-order valence-corrected chi connectivity index (χ0v) is 11.4. The molecule has 1 saturated heterocycles. The Kier molecular flexibility index (Phi) is 4.18. The minimum absolute atomic E-state index is 0.673. The van der Waals surface area contributed by atoms with Gasteiger partial charge in [-0.1, -0.05) is 13.8 Å². The van der Waals surface area contributed by atoms with Gasteiger partial charge in [0, 0.05) is 19.1 Å². The smallest absolute Gasteiger partial charge is 0.160 e. The number of hydrogen-bond acceptors (Lipinski definition) is 4. The summed E-state index contributed by atoms with van der Waals surface area (Å²) in [6.07, 6.45) is 2.17. The number of carbonyl (C=O) groups is 1. The van der Waals surface area contributed by atoms with Gasteiger partial charge in [0.25, 0.3) is 0 Å². The highest BCUT2D eigenvalue weighted by Crippen LogP contribution is 2.29. The van der Waals surface area contributed by atoms with Crippen LogP contribution in [-0.2, 0) is 0 Å². The highest BCUT2D eigenvalue weighted by molar-refractivity contribution is 7.17. The molecule has 4 heteroatoms. The number of hydrogen-bond donors (Lipinski definition) is 0. The van der Waals surface area contributed by atoms with Crippen LogP contribution in [0.1, 0.15) is 29.9 Å². The molecular formula is C13H20N2OS. The van der Waals surface area contributed by atoms with Crippen LogP contribution in [-0.4, -0.2) is 43.4 Å². The van der Waals surface area contributed by atoms with Gasteiger partial charge < -0.3 is 4.90 Å². The molecule has 1 atom stereocenters. The summed E-state index contributed by atoms with van der Waals surface area (Å²) in [4.78, 5) is 16.4. The summed E-state index contributed by atoms with van der Waals surface area (Å²) < 4.78 is 0. The van der Waals surface area contributed by atoms with Crippen molar-refractivity contribution >= 4 is 22.6 Å². The Labute approximate surface area is 107 Å². The Morgan fingerprint density at radius 1 is 1.47 bits per heavy atom. The fraction of sp³-hybridized carbons (Fsp3) is 0.615. The molecule has 1 aromatic rings. The molecule has 94 valence electrons. The van der Waals surface area contributed by atoms with E-state index in [2.05, 4.69) is 29.7 Å². The second kappa shape index (κ2) is 5.65. The van der Waals surface area contributed by atoms with Crippen molar-refractivity contribution in [1.82, 2.24) is 4.90 Å². The third kappa shape index (κ3) is 2.69. The van der Waals surface area contributed by atoms with Gasteiger partial charge in [-0.3, -0.25) is 9.69 Å². The molecule has 1 aromatic heterocycles. The van der Waals surface area contributed by atoms with E-state index >= 15 is 0 Å². The summed E-state index contributed by atoms with van der Waals surface area (Å²) in [7, 11) is 0. The largest absolute Gasteiger partial charge is 0.362 e. The Bertz CT molecular complexity index is 373. The second-order valence-corrected chi connectivity index (χ2v) is 5.50. The monoisotopic (exact) mass is 252 g/mol. The van der Waals surface area contributed by atoms with Crippen molar-refractivity contribution in [2.24, 2.45) is 0 Å². The molecule has 2 rings (SSSR count). The molecule has 1 fully saturated rings. The first kappa shape index (κ1) is 12.6. The van der Waals surface area contributed by atoms with E-state index < -0.39 is 0 Å². The van der Waals surface area contributed by atoms with E-state index in [1.54, 1.807) is 11.3 Å². The minimum Gasteiger partial charge on any atom is -0.362 e. The van der Waals surface area contributed by atoms with Gasteiger partial charge >= 0.3 is 0 Å². The molecule has 1 aliphatic heterocycles. The lowest BCUT2D eigenvalue weighted by molar-refractivity contribution is 0.112. The van der Waals surface area contributed by atoms with Crippen LogP contribution in [0.15, 0.2) is 12.1 Å². The standard InChI is InChI=1S/C13H20N2OS/c1-3-14(4-2)11-7-8-15(9-11)13-6-5-12(10-16)17-13/h5-6,10-11H,3-4,7-9H2,1-2H3. The van der Waals surface area contributed by atoms with Crippen molar-refractivity contribution < 1.29 is 4.79 Å². The molecule has 0 N–H and O–H groups in total. The van der Waals surface area contributed by atoms with Crippen molar-refractivity contribution in [2.75, 3.05) is 31.1 Å². The van der Waals surface area contributed by atoms with E-state index in [0.717, 1.165) is 37.3 Å². The number of nitrogens with zero attached hydrogens (tertiary/aromatic N) is 2. The molecule has 3 nitrogen and oxygen atoms in total. The third-order valence-electron chi connectivity index (χ3n) is 3.53. The molecule has 0 aliphatic carbocycles. The fourth-order valence-electron chi connectivity index (χ4n) is 2.56. The van der Waals surface area contributed by atoms with Crippen LogP contribution in [0.3, 0.4) is 0 Å². The maximum absolute atomic E-state index is 10.7. The lowest BCUT2D eigenvalue weighted by Crippen LogP contribution is -2.37. The molecule has 1 aliphatic rings. The number of thiophene rings is 1. The van der Waals surface area contributed by atoms with Gasteiger partial charge in [-0.05, 0) is 31.6 Å². The highest BCUT2D eigenvalue weighted by Gasteiger charge is 2.26. The predicted octanol–water partition coefficient (Wildman–Crippen LogP) is 2.48. The van der Waals surface area contributed by atoms with Crippen LogP contribution in [0.5, 0.6) is 0 Å². The SMILES string of the molecule is CCN(CC)C1CCN(c2ccc(C=O)s2)C1. The number of carbonyl (C=O) groups excluding carboxylic acids is 1. The van der Waals surface area contributed by atoms with Gasteiger partial charge in [-0.25, -0.2) is 0 Å². The maximum atomic E-state index is 10.7. The van der Waals surface area contributed by atoms with E-state index in [-0.39, 0.29) is 0 Å². The maximum Gasteiger partial charge on any atom is 0.160 e. The number of anilines is 1. The predicted molar refractivity (Wildman–Crippen MR) is 73.2 cm³/mol. The quantitative estimate of drug-likeness (QED) is 0.752. The van der Waals surface area contributed by atoms with E-state index in [9.17, 15) is 4.79 Å². The molecule has 0 saturated carbocycles. The average molecular weight is 252 g/mol. The van der Waals surface area contributed by atoms with Crippen LogP contribution in [0.4, 0.5) is 5.00 Å². The van der Waals surface area contributed by atoms with Crippen LogP contribution in [0, 0.1) is 0 Å². The Morgan fingerprint density at radius 2 is 2.24 bits per heavy atom. The van der Waals surface area contributed by atoms with E-state index in [4.69, 9.17) is 0 Å². The fourth-order valence-corrected chi connectivity index (χ4v) is 3.41. The van der Waals surface area contributed by atoms with Gasteiger partial charge in [0.1, 0.15) is 0 Å². The van der Waals surface area contributed by atoms with Crippen LogP contribution < -0.4 is 4.90 Å². The third-order valence-corrected chi connectivity index (χ3v) is 4.60. The molecule has 2 heterocycles. The molecule has 0 spiro atoms. The van der Waals surface area contributed by atoms with Crippen molar-refractivity contribution in [3.8, 4) is 0 Å². The molecule has 1 unspecified atom stereocenters. The van der Waals surface area contributed by atoms with Crippen molar-refractivity contribution in [3.05, 3.63) is 17.0 Å². The zero-order chi connectivity index (χ0) is 12.3. The van der Waals surface area contributed by atoms with Crippen LogP contribution >= 0.6 is 11.3 Å². The number of rotatable bonds is 5. The van der Waals surface area contributed by atoms with Crippen LogP contribution in [0.2, 0.25) is 0 Å².